The number of non-ortho nitro benzene ring substituents is 1. The average Bonchev–Trinajstić information content (AvgIpc) is 3.04. The Morgan fingerprint density at radius 3 is 2.68 bits per heavy atom. The van der Waals surface area contributed by atoms with Gasteiger partial charge in [0, 0.05) is 31.6 Å². The first-order valence-corrected chi connectivity index (χ1v) is 8.98. The molecule has 1 atom stereocenters. The molecule has 146 valence electrons. The van der Waals surface area contributed by atoms with Gasteiger partial charge in [-0.3, -0.25) is 19.7 Å². The molecule has 0 aliphatic carbocycles. The molecule has 1 fully saturated rings. The number of nitrogens with one attached hydrogen (secondary N) is 1. The third-order valence-electron chi connectivity index (χ3n) is 4.59. The van der Waals surface area contributed by atoms with Crippen molar-refractivity contribution >= 4 is 34.8 Å². The van der Waals surface area contributed by atoms with Gasteiger partial charge in [0.25, 0.3) is 5.69 Å². The highest BCUT2D eigenvalue weighted by atomic mass is 35.5. The molecule has 0 bridgehead atoms. The predicted molar refractivity (Wildman–Crippen MR) is 102 cm³/mol. The molecule has 9 heteroatoms. The predicted octanol–water partition coefficient (Wildman–Crippen LogP) is 3.42. The van der Waals surface area contributed by atoms with Gasteiger partial charge in [0.05, 0.1) is 21.6 Å². The van der Waals surface area contributed by atoms with Crippen molar-refractivity contribution in [2.24, 2.45) is 5.92 Å². The van der Waals surface area contributed by atoms with Crippen molar-refractivity contribution in [3.63, 3.8) is 0 Å². The Morgan fingerprint density at radius 1 is 1.29 bits per heavy atom. The standard InChI is InChI=1S/C19H17ClFN3O4/c20-16-6-5-15(24(27)28)10-17(16)22-19(26)13-9-18(25)23(11-13)8-7-12-1-3-14(21)4-2-12/h1-6,10,13H,7-9,11H2,(H,22,26)/t13-/m1/s1. The molecule has 1 aliphatic heterocycles. The van der Waals surface area contributed by atoms with Crippen LogP contribution in [-0.2, 0) is 16.0 Å². The lowest BCUT2D eigenvalue weighted by Gasteiger charge is -2.16. The lowest BCUT2D eigenvalue weighted by molar-refractivity contribution is -0.384. The molecule has 2 amide bonds. The zero-order chi connectivity index (χ0) is 20.3. The first kappa shape index (κ1) is 19.8. The molecule has 1 aliphatic rings. The van der Waals surface area contributed by atoms with Crippen molar-refractivity contribution in [1.82, 2.24) is 4.90 Å². The first-order chi connectivity index (χ1) is 13.3. The quantitative estimate of drug-likeness (QED) is 0.588. The minimum Gasteiger partial charge on any atom is -0.342 e. The lowest BCUT2D eigenvalue weighted by atomic mass is 10.1. The van der Waals surface area contributed by atoms with Crippen LogP contribution in [0.25, 0.3) is 0 Å². The minimum absolute atomic E-state index is 0.0573. The van der Waals surface area contributed by atoms with Gasteiger partial charge in [-0.25, -0.2) is 4.39 Å². The molecule has 0 spiro atoms. The summed E-state index contributed by atoms with van der Waals surface area (Å²) in [6.45, 7) is 0.671. The van der Waals surface area contributed by atoms with Crippen LogP contribution in [0, 0.1) is 21.8 Å². The number of hydrogen-bond donors (Lipinski definition) is 1. The van der Waals surface area contributed by atoms with Crippen LogP contribution in [0.2, 0.25) is 5.02 Å². The minimum atomic E-state index is -0.581. The van der Waals surface area contributed by atoms with Gasteiger partial charge < -0.3 is 10.2 Å². The number of amides is 2. The summed E-state index contributed by atoms with van der Waals surface area (Å²) in [5.41, 5.74) is 0.840. The number of benzene rings is 2. The summed E-state index contributed by atoms with van der Waals surface area (Å²) in [6, 6.07) is 9.80. The zero-order valence-electron chi connectivity index (χ0n) is 14.7. The van der Waals surface area contributed by atoms with E-state index in [1.54, 1.807) is 17.0 Å². The summed E-state index contributed by atoms with van der Waals surface area (Å²) >= 11 is 6.00. The highest BCUT2D eigenvalue weighted by Crippen LogP contribution is 2.28. The molecule has 0 saturated carbocycles. The molecular weight excluding hydrogens is 389 g/mol. The number of nitro benzene ring substituents is 1. The van der Waals surface area contributed by atoms with Gasteiger partial charge in [0.15, 0.2) is 0 Å². The van der Waals surface area contributed by atoms with E-state index in [2.05, 4.69) is 5.32 Å². The Balaban J connectivity index is 1.60. The van der Waals surface area contributed by atoms with Crippen molar-refractivity contribution in [3.8, 4) is 0 Å². The molecule has 3 rings (SSSR count). The van der Waals surface area contributed by atoms with Crippen LogP contribution < -0.4 is 5.32 Å². The number of nitrogens with zero attached hydrogens (tertiary/aromatic N) is 2. The molecule has 1 saturated heterocycles. The van der Waals surface area contributed by atoms with E-state index < -0.39 is 16.7 Å². The molecule has 0 aromatic heterocycles. The zero-order valence-corrected chi connectivity index (χ0v) is 15.5. The van der Waals surface area contributed by atoms with Crippen molar-refractivity contribution < 1.29 is 18.9 Å². The molecular formula is C19H17ClFN3O4. The summed E-state index contributed by atoms with van der Waals surface area (Å²) < 4.78 is 13.0. The number of hydrogen-bond acceptors (Lipinski definition) is 4. The molecule has 0 radical (unpaired) electrons. The normalized spacial score (nSPS) is 16.3. The van der Waals surface area contributed by atoms with Crippen molar-refractivity contribution in [2.45, 2.75) is 12.8 Å². The van der Waals surface area contributed by atoms with E-state index in [0.717, 1.165) is 5.56 Å². The van der Waals surface area contributed by atoms with Gasteiger partial charge in [0.1, 0.15) is 5.82 Å². The SMILES string of the molecule is O=C(Nc1cc([N+](=O)[O-])ccc1Cl)[C@@H]1CC(=O)N(CCc2ccc(F)cc2)C1. The van der Waals surface area contributed by atoms with Gasteiger partial charge in [-0.15, -0.1) is 0 Å². The summed E-state index contributed by atoms with van der Waals surface area (Å²) in [5, 5.41) is 13.6. The summed E-state index contributed by atoms with van der Waals surface area (Å²) in [6.07, 6.45) is 0.610. The maximum absolute atomic E-state index is 13.0. The van der Waals surface area contributed by atoms with Gasteiger partial charge in [-0.1, -0.05) is 23.7 Å². The topological polar surface area (TPSA) is 92.5 Å². The Kier molecular flexibility index (Phi) is 5.89. The van der Waals surface area contributed by atoms with Crippen LogP contribution in [0.4, 0.5) is 15.8 Å². The van der Waals surface area contributed by atoms with Crippen LogP contribution in [0.5, 0.6) is 0 Å². The van der Waals surface area contributed by atoms with E-state index in [9.17, 15) is 24.1 Å². The third-order valence-corrected chi connectivity index (χ3v) is 4.92. The van der Waals surface area contributed by atoms with E-state index in [-0.39, 0.29) is 41.1 Å². The highest BCUT2D eigenvalue weighted by Gasteiger charge is 2.34. The fraction of sp³-hybridized carbons (Fsp3) is 0.263. The van der Waals surface area contributed by atoms with Crippen molar-refractivity contribution in [3.05, 3.63) is 69.0 Å². The second-order valence-corrected chi connectivity index (χ2v) is 6.93. The van der Waals surface area contributed by atoms with Gasteiger partial charge in [-0.2, -0.15) is 0 Å². The highest BCUT2D eigenvalue weighted by molar-refractivity contribution is 6.33. The number of nitro groups is 1. The maximum atomic E-state index is 13.0. The number of anilines is 1. The van der Waals surface area contributed by atoms with Crippen LogP contribution in [0.1, 0.15) is 12.0 Å². The Bertz CT molecular complexity index is 920. The fourth-order valence-electron chi connectivity index (χ4n) is 3.04. The monoisotopic (exact) mass is 405 g/mol. The fourth-order valence-corrected chi connectivity index (χ4v) is 3.20. The Hall–Kier alpha value is -3.00. The van der Waals surface area contributed by atoms with E-state index in [0.29, 0.717) is 13.0 Å². The van der Waals surface area contributed by atoms with E-state index in [1.807, 2.05) is 0 Å². The molecule has 28 heavy (non-hydrogen) atoms. The van der Waals surface area contributed by atoms with Crippen molar-refractivity contribution in [1.29, 1.82) is 0 Å². The molecule has 1 heterocycles. The molecule has 1 N–H and O–H groups in total. The number of halogens is 2. The van der Waals surface area contributed by atoms with Crippen LogP contribution >= 0.6 is 11.6 Å². The largest absolute Gasteiger partial charge is 0.342 e. The number of carbonyl (C=O) groups is 2. The lowest BCUT2D eigenvalue weighted by Crippen LogP contribution is -2.30. The van der Waals surface area contributed by atoms with Crippen LogP contribution in [0.15, 0.2) is 42.5 Å². The smallest absolute Gasteiger partial charge is 0.271 e. The number of carbonyl (C=O) groups excluding carboxylic acids is 2. The van der Waals surface area contributed by atoms with Crippen LogP contribution in [0.3, 0.4) is 0 Å². The Labute approximate surface area is 165 Å². The summed E-state index contributed by atoms with van der Waals surface area (Å²) in [5.74, 6) is -1.46. The number of likely N-dealkylation sites (tertiary alicyclic amines) is 1. The molecule has 7 nitrogen and oxygen atoms in total. The average molecular weight is 406 g/mol. The van der Waals surface area contributed by atoms with Crippen molar-refractivity contribution in [2.75, 3.05) is 18.4 Å². The van der Waals surface area contributed by atoms with E-state index in [1.165, 1.54) is 30.3 Å². The second kappa shape index (κ2) is 8.35. The van der Waals surface area contributed by atoms with E-state index >= 15 is 0 Å². The van der Waals surface area contributed by atoms with Crippen LogP contribution in [-0.4, -0.2) is 34.7 Å². The maximum Gasteiger partial charge on any atom is 0.271 e. The van der Waals surface area contributed by atoms with Gasteiger partial charge in [-0.05, 0) is 30.2 Å². The summed E-state index contributed by atoms with van der Waals surface area (Å²) in [7, 11) is 0. The Morgan fingerprint density at radius 2 is 2.00 bits per heavy atom. The molecule has 2 aromatic carbocycles. The van der Waals surface area contributed by atoms with E-state index in [4.69, 9.17) is 11.6 Å². The molecule has 0 unspecified atom stereocenters. The first-order valence-electron chi connectivity index (χ1n) is 8.60. The van der Waals surface area contributed by atoms with Gasteiger partial charge >= 0.3 is 0 Å². The second-order valence-electron chi connectivity index (χ2n) is 6.53. The van der Waals surface area contributed by atoms with Gasteiger partial charge in [0.2, 0.25) is 11.8 Å². The summed E-state index contributed by atoms with van der Waals surface area (Å²) in [4.78, 5) is 36.6. The third kappa shape index (κ3) is 4.64. The molecule has 2 aromatic rings. The number of rotatable bonds is 6.